The molecule has 0 spiro atoms. The van der Waals surface area contributed by atoms with Crippen LogP contribution in [0.3, 0.4) is 0 Å². The maximum absolute atomic E-state index is 9.05. The van der Waals surface area contributed by atoms with Gasteiger partial charge in [0.05, 0.1) is 0 Å². The normalized spacial score (nSPS) is 24.7. The minimum atomic E-state index is 0.226. The van der Waals surface area contributed by atoms with Crippen molar-refractivity contribution in [3.8, 4) is 0 Å². The highest BCUT2D eigenvalue weighted by Crippen LogP contribution is 2.53. The Hall–Kier alpha value is -0.820. The predicted octanol–water partition coefficient (Wildman–Crippen LogP) is 3.43. The highest BCUT2D eigenvalue weighted by molar-refractivity contribution is 5.47. The van der Waals surface area contributed by atoms with Crippen LogP contribution >= 0.6 is 0 Å². The molecule has 0 heterocycles. The lowest BCUT2D eigenvalue weighted by Crippen LogP contribution is -2.30. The van der Waals surface area contributed by atoms with Gasteiger partial charge in [0.15, 0.2) is 0 Å². The van der Waals surface area contributed by atoms with Crippen molar-refractivity contribution in [2.75, 3.05) is 6.61 Å². The molecule has 0 radical (unpaired) electrons. The Balaban J connectivity index is 2.56. The van der Waals surface area contributed by atoms with Gasteiger partial charge < -0.3 is 5.11 Å². The molecule has 94 valence electrons. The number of fused-ring (bicyclic) bond motifs is 1. The van der Waals surface area contributed by atoms with Gasteiger partial charge in [-0.15, -0.1) is 0 Å². The molecule has 0 saturated heterocycles. The molecular formula is C16H24O. The Morgan fingerprint density at radius 3 is 2.24 bits per heavy atom. The van der Waals surface area contributed by atoms with Crippen LogP contribution in [-0.2, 0) is 17.3 Å². The third-order valence-corrected chi connectivity index (χ3v) is 5.04. The van der Waals surface area contributed by atoms with Gasteiger partial charge >= 0.3 is 0 Å². The zero-order valence-electron chi connectivity index (χ0n) is 11.7. The summed E-state index contributed by atoms with van der Waals surface area (Å²) < 4.78 is 0. The number of hydrogen-bond acceptors (Lipinski definition) is 1. The smallest absolute Gasteiger partial charge is 0.0471 e. The van der Waals surface area contributed by atoms with Crippen LogP contribution < -0.4 is 0 Å². The lowest BCUT2D eigenvalue weighted by molar-refractivity contribution is 0.264. The first-order valence-electron chi connectivity index (χ1n) is 6.56. The van der Waals surface area contributed by atoms with Gasteiger partial charge in [-0.3, -0.25) is 0 Å². The molecule has 0 bridgehead atoms. The van der Waals surface area contributed by atoms with Crippen LogP contribution in [0.2, 0.25) is 0 Å². The highest BCUT2D eigenvalue weighted by Gasteiger charge is 2.48. The van der Waals surface area contributed by atoms with Gasteiger partial charge in [-0.1, -0.05) is 52.8 Å². The van der Waals surface area contributed by atoms with Crippen molar-refractivity contribution in [3.63, 3.8) is 0 Å². The first kappa shape index (κ1) is 12.6. The summed E-state index contributed by atoms with van der Waals surface area (Å²) in [7, 11) is 0. The fourth-order valence-electron chi connectivity index (χ4n) is 3.34. The van der Waals surface area contributed by atoms with Gasteiger partial charge in [-0.25, -0.2) is 0 Å². The summed E-state index contributed by atoms with van der Waals surface area (Å²) in [5, 5.41) is 9.05. The van der Waals surface area contributed by atoms with Crippen molar-refractivity contribution in [2.45, 2.75) is 51.9 Å². The van der Waals surface area contributed by atoms with Crippen LogP contribution in [-0.4, -0.2) is 11.7 Å². The number of aliphatic hydroxyl groups excluding tert-OH is 1. The van der Waals surface area contributed by atoms with E-state index in [2.05, 4.69) is 52.8 Å². The topological polar surface area (TPSA) is 20.2 Å². The van der Waals surface area contributed by atoms with Crippen LogP contribution in [0.25, 0.3) is 0 Å². The average Bonchev–Trinajstić information content (AvgIpc) is 2.39. The minimum Gasteiger partial charge on any atom is -0.396 e. The average molecular weight is 232 g/mol. The van der Waals surface area contributed by atoms with Gasteiger partial charge in [-0.2, -0.15) is 0 Å². The number of aliphatic hydroxyl groups is 1. The third-order valence-electron chi connectivity index (χ3n) is 5.04. The van der Waals surface area contributed by atoms with E-state index in [1.807, 2.05) is 0 Å². The van der Waals surface area contributed by atoms with Crippen LogP contribution in [0.4, 0.5) is 0 Å². The van der Waals surface area contributed by atoms with Gasteiger partial charge in [0.2, 0.25) is 0 Å². The molecule has 2 rings (SSSR count). The van der Waals surface area contributed by atoms with Crippen molar-refractivity contribution in [2.24, 2.45) is 5.92 Å². The number of rotatable bonds is 2. The lowest BCUT2D eigenvalue weighted by Gasteiger charge is -2.32. The molecule has 0 saturated carbocycles. The van der Waals surface area contributed by atoms with Gasteiger partial charge in [-0.05, 0) is 39.9 Å². The van der Waals surface area contributed by atoms with Crippen molar-refractivity contribution in [1.82, 2.24) is 0 Å². The summed E-state index contributed by atoms with van der Waals surface area (Å²) in [5.41, 5.74) is 4.68. The maximum atomic E-state index is 9.05. The van der Waals surface area contributed by atoms with E-state index in [4.69, 9.17) is 5.11 Å². The second-order valence-corrected chi connectivity index (χ2v) is 6.52. The second-order valence-electron chi connectivity index (χ2n) is 6.52. The summed E-state index contributed by atoms with van der Waals surface area (Å²) >= 11 is 0. The van der Waals surface area contributed by atoms with Crippen molar-refractivity contribution in [1.29, 1.82) is 0 Å². The largest absolute Gasteiger partial charge is 0.396 e. The van der Waals surface area contributed by atoms with Gasteiger partial charge in [0, 0.05) is 6.61 Å². The minimum absolute atomic E-state index is 0.226. The SMILES string of the molecule is CC1C(C)(C)c2ccc(CCO)cc2C1(C)C. The fourth-order valence-corrected chi connectivity index (χ4v) is 3.34. The predicted molar refractivity (Wildman–Crippen MR) is 72.4 cm³/mol. The number of benzene rings is 1. The molecule has 1 aliphatic rings. The standard InChI is InChI=1S/C16H24O/c1-11-15(2,3)13-7-6-12(8-9-17)10-14(13)16(11,4)5/h6-7,10-11,17H,8-9H2,1-5H3. The molecule has 1 nitrogen and oxygen atoms in total. The maximum Gasteiger partial charge on any atom is 0.0471 e. The summed E-state index contributed by atoms with van der Waals surface area (Å²) in [5.74, 6) is 0.634. The van der Waals surface area contributed by atoms with Crippen LogP contribution in [0.5, 0.6) is 0 Å². The molecule has 0 aliphatic heterocycles. The Morgan fingerprint density at radius 2 is 1.65 bits per heavy atom. The van der Waals surface area contributed by atoms with Crippen LogP contribution in [0.15, 0.2) is 18.2 Å². The molecule has 17 heavy (non-hydrogen) atoms. The van der Waals surface area contributed by atoms with Gasteiger partial charge in [0.25, 0.3) is 0 Å². The summed E-state index contributed by atoms with van der Waals surface area (Å²) in [4.78, 5) is 0. The van der Waals surface area contributed by atoms with E-state index in [9.17, 15) is 0 Å². The Bertz CT molecular complexity index is 429. The molecule has 1 N–H and O–H groups in total. The van der Waals surface area contributed by atoms with Crippen LogP contribution in [0.1, 0.15) is 51.3 Å². The zero-order chi connectivity index (χ0) is 12.8. The second kappa shape index (κ2) is 3.84. The first-order chi connectivity index (χ1) is 7.81. The van der Waals surface area contributed by atoms with Crippen molar-refractivity contribution < 1.29 is 5.11 Å². The van der Waals surface area contributed by atoms with E-state index < -0.39 is 0 Å². The molecule has 1 aromatic carbocycles. The Labute approximate surface area is 105 Å². The van der Waals surface area contributed by atoms with E-state index in [1.165, 1.54) is 16.7 Å². The number of hydrogen-bond donors (Lipinski definition) is 1. The first-order valence-corrected chi connectivity index (χ1v) is 6.56. The molecule has 0 aromatic heterocycles. The lowest BCUT2D eigenvalue weighted by atomic mass is 9.71. The van der Waals surface area contributed by atoms with E-state index in [-0.39, 0.29) is 17.4 Å². The molecule has 0 amide bonds. The quantitative estimate of drug-likeness (QED) is 0.828. The molecule has 0 fully saturated rings. The van der Waals surface area contributed by atoms with E-state index >= 15 is 0 Å². The summed E-state index contributed by atoms with van der Waals surface area (Å²) in [6.45, 7) is 12.0. The molecule has 1 aliphatic carbocycles. The molecular weight excluding hydrogens is 208 g/mol. The van der Waals surface area contributed by atoms with E-state index in [0.29, 0.717) is 5.92 Å². The molecule has 1 aromatic rings. The van der Waals surface area contributed by atoms with Crippen molar-refractivity contribution in [3.05, 3.63) is 34.9 Å². The zero-order valence-corrected chi connectivity index (χ0v) is 11.7. The highest BCUT2D eigenvalue weighted by atomic mass is 16.2. The third kappa shape index (κ3) is 1.72. The van der Waals surface area contributed by atoms with Crippen molar-refractivity contribution >= 4 is 0 Å². The Kier molecular flexibility index (Phi) is 2.86. The summed E-state index contributed by atoms with van der Waals surface area (Å²) in [6.07, 6.45) is 0.762. The molecule has 1 unspecified atom stereocenters. The molecule has 1 heteroatoms. The monoisotopic (exact) mass is 232 g/mol. The fraction of sp³-hybridized carbons (Fsp3) is 0.625. The van der Waals surface area contributed by atoms with Gasteiger partial charge in [0.1, 0.15) is 0 Å². The van der Waals surface area contributed by atoms with E-state index in [1.54, 1.807) is 0 Å². The Morgan fingerprint density at radius 1 is 1.06 bits per heavy atom. The summed E-state index contributed by atoms with van der Waals surface area (Å²) in [6, 6.07) is 6.74. The van der Waals surface area contributed by atoms with Crippen LogP contribution in [0, 0.1) is 5.92 Å². The molecule has 1 atom stereocenters. The van der Waals surface area contributed by atoms with E-state index in [0.717, 1.165) is 6.42 Å².